The third-order valence-electron chi connectivity index (χ3n) is 2.18. The Morgan fingerprint density at radius 3 is 2.94 bits per heavy atom. The summed E-state index contributed by atoms with van der Waals surface area (Å²) < 4.78 is 13.1. The molecule has 0 aliphatic carbocycles. The summed E-state index contributed by atoms with van der Waals surface area (Å²) in [4.78, 5) is 8.26. The molecular formula is C12H12ClFN4. The Kier molecular flexibility index (Phi) is 3.94. The van der Waals surface area contributed by atoms with E-state index in [9.17, 15) is 4.39 Å². The molecule has 0 atom stereocenters. The molecule has 1 aromatic carbocycles. The lowest BCUT2D eigenvalue weighted by atomic mass is 10.3. The Hall–Kier alpha value is -1.88. The fourth-order valence-electron chi connectivity index (χ4n) is 1.40. The van der Waals surface area contributed by atoms with E-state index in [2.05, 4.69) is 20.6 Å². The van der Waals surface area contributed by atoms with Gasteiger partial charge in [0.2, 0.25) is 5.95 Å². The standard InChI is InChI=1S/C12H12ClFN4/c1-2-15-12-16-6-5-11(18-12)17-10-7-8(14)3-4-9(10)13/h3-7H,2H2,1H3,(H2,15,16,17,18). The van der Waals surface area contributed by atoms with Crippen molar-refractivity contribution in [3.05, 3.63) is 41.3 Å². The smallest absolute Gasteiger partial charge is 0.224 e. The highest BCUT2D eigenvalue weighted by Gasteiger charge is 2.04. The maximum Gasteiger partial charge on any atom is 0.224 e. The third kappa shape index (κ3) is 3.07. The molecule has 0 spiro atoms. The van der Waals surface area contributed by atoms with Crippen molar-refractivity contribution in [2.75, 3.05) is 17.2 Å². The molecule has 1 heterocycles. The van der Waals surface area contributed by atoms with Gasteiger partial charge in [0.05, 0.1) is 10.7 Å². The predicted octanol–water partition coefficient (Wildman–Crippen LogP) is 3.44. The molecule has 2 rings (SSSR count). The number of aromatic nitrogens is 2. The highest BCUT2D eigenvalue weighted by Crippen LogP contribution is 2.25. The number of hydrogen-bond donors (Lipinski definition) is 2. The van der Waals surface area contributed by atoms with Crippen molar-refractivity contribution in [2.45, 2.75) is 6.92 Å². The van der Waals surface area contributed by atoms with Gasteiger partial charge in [-0.05, 0) is 31.2 Å². The molecule has 6 heteroatoms. The molecule has 0 unspecified atom stereocenters. The predicted molar refractivity (Wildman–Crippen MR) is 70.9 cm³/mol. The molecule has 0 saturated carbocycles. The normalized spacial score (nSPS) is 10.2. The first-order valence-electron chi connectivity index (χ1n) is 5.48. The van der Waals surface area contributed by atoms with Crippen LogP contribution in [0.15, 0.2) is 30.5 Å². The van der Waals surface area contributed by atoms with Crippen LogP contribution in [0.4, 0.5) is 21.8 Å². The topological polar surface area (TPSA) is 49.8 Å². The van der Waals surface area contributed by atoms with Gasteiger partial charge in [0.15, 0.2) is 0 Å². The molecule has 0 amide bonds. The number of rotatable bonds is 4. The van der Waals surface area contributed by atoms with Crippen molar-refractivity contribution in [2.24, 2.45) is 0 Å². The fourth-order valence-corrected chi connectivity index (χ4v) is 1.57. The summed E-state index contributed by atoms with van der Waals surface area (Å²) >= 11 is 5.96. The molecule has 1 aromatic heterocycles. The SMILES string of the molecule is CCNc1nccc(Nc2cc(F)ccc2Cl)n1. The Morgan fingerprint density at radius 1 is 1.33 bits per heavy atom. The van der Waals surface area contributed by atoms with Crippen LogP contribution >= 0.6 is 11.6 Å². The van der Waals surface area contributed by atoms with Crippen LogP contribution in [0.1, 0.15) is 6.92 Å². The summed E-state index contributed by atoms with van der Waals surface area (Å²) in [5.41, 5.74) is 0.470. The largest absolute Gasteiger partial charge is 0.354 e. The molecule has 18 heavy (non-hydrogen) atoms. The van der Waals surface area contributed by atoms with E-state index in [0.29, 0.717) is 22.5 Å². The van der Waals surface area contributed by atoms with Crippen molar-refractivity contribution in [3.8, 4) is 0 Å². The molecule has 0 fully saturated rings. The second-order valence-electron chi connectivity index (χ2n) is 3.54. The van der Waals surface area contributed by atoms with Crippen molar-refractivity contribution in [3.63, 3.8) is 0 Å². The van der Waals surface area contributed by atoms with Crippen LogP contribution < -0.4 is 10.6 Å². The second-order valence-corrected chi connectivity index (χ2v) is 3.95. The highest BCUT2D eigenvalue weighted by molar-refractivity contribution is 6.33. The molecule has 0 radical (unpaired) electrons. The van der Waals surface area contributed by atoms with Gasteiger partial charge in [-0.15, -0.1) is 0 Å². The number of nitrogens with zero attached hydrogens (tertiary/aromatic N) is 2. The first-order chi connectivity index (χ1) is 8.69. The molecule has 0 bridgehead atoms. The maximum absolute atomic E-state index is 13.1. The van der Waals surface area contributed by atoms with E-state index in [1.807, 2.05) is 6.92 Å². The van der Waals surface area contributed by atoms with Gasteiger partial charge in [-0.2, -0.15) is 4.98 Å². The van der Waals surface area contributed by atoms with Crippen LogP contribution in [0, 0.1) is 5.82 Å². The molecule has 0 aliphatic heterocycles. The quantitative estimate of drug-likeness (QED) is 0.890. The van der Waals surface area contributed by atoms with Crippen molar-refractivity contribution in [1.82, 2.24) is 9.97 Å². The zero-order chi connectivity index (χ0) is 13.0. The molecule has 2 aromatic rings. The Balaban J connectivity index is 2.22. The van der Waals surface area contributed by atoms with E-state index in [1.165, 1.54) is 18.2 Å². The minimum absolute atomic E-state index is 0.358. The van der Waals surface area contributed by atoms with Gasteiger partial charge in [-0.25, -0.2) is 9.37 Å². The average molecular weight is 267 g/mol. The molecular weight excluding hydrogens is 255 g/mol. The summed E-state index contributed by atoms with van der Waals surface area (Å²) in [5, 5.41) is 6.37. The molecule has 4 nitrogen and oxygen atoms in total. The molecule has 0 aliphatic rings. The number of hydrogen-bond acceptors (Lipinski definition) is 4. The average Bonchev–Trinajstić information content (AvgIpc) is 2.35. The zero-order valence-electron chi connectivity index (χ0n) is 9.74. The minimum atomic E-state index is -0.358. The second kappa shape index (κ2) is 5.64. The molecule has 2 N–H and O–H groups in total. The lowest BCUT2D eigenvalue weighted by Gasteiger charge is -2.08. The number of nitrogens with one attached hydrogen (secondary N) is 2. The molecule has 0 saturated heterocycles. The number of benzene rings is 1. The van der Waals surface area contributed by atoms with Crippen molar-refractivity contribution >= 4 is 29.1 Å². The summed E-state index contributed by atoms with van der Waals surface area (Å²) in [6.07, 6.45) is 1.61. The first-order valence-corrected chi connectivity index (χ1v) is 5.86. The summed E-state index contributed by atoms with van der Waals surface area (Å²) in [7, 11) is 0. The summed E-state index contributed by atoms with van der Waals surface area (Å²) in [6, 6.07) is 5.79. The van der Waals surface area contributed by atoms with Gasteiger partial charge in [-0.1, -0.05) is 11.6 Å². The van der Waals surface area contributed by atoms with Crippen LogP contribution in [0.2, 0.25) is 5.02 Å². The minimum Gasteiger partial charge on any atom is -0.354 e. The van der Waals surface area contributed by atoms with Gasteiger partial charge in [-0.3, -0.25) is 0 Å². The van der Waals surface area contributed by atoms with Gasteiger partial charge >= 0.3 is 0 Å². The Labute approximate surface area is 109 Å². The highest BCUT2D eigenvalue weighted by atomic mass is 35.5. The zero-order valence-corrected chi connectivity index (χ0v) is 10.5. The van der Waals surface area contributed by atoms with Crippen LogP contribution in [-0.4, -0.2) is 16.5 Å². The van der Waals surface area contributed by atoms with E-state index in [1.54, 1.807) is 12.3 Å². The fraction of sp³-hybridized carbons (Fsp3) is 0.167. The first kappa shape index (κ1) is 12.6. The van der Waals surface area contributed by atoms with Crippen molar-refractivity contribution < 1.29 is 4.39 Å². The maximum atomic E-state index is 13.1. The Bertz CT molecular complexity index is 547. The lowest BCUT2D eigenvalue weighted by molar-refractivity contribution is 0.628. The Morgan fingerprint density at radius 2 is 2.17 bits per heavy atom. The van der Waals surface area contributed by atoms with Gasteiger partial charge < -0.3 is 10.6 Å². The van der Waals surface area contributed by atoms with Crippen LogP contribution in [0.25, 0.3) is 0 Å². The lowest BCUT2D eigenvalue weighted by Crippen LogP contribution is -2.03. The van der Waals surface area contributed by atoms with Crippen LogP contribution in [0.3, 0.4) is 0 Å². The van der Waals surface area contributed by atoms with Crippen molar-refractivity contribution in [1.29, 1.82) is 0 Å². The third-order valence-corrected chi connectivity index (χ3v) is 2.51. The molecule has 94 valence electrons. The van der Waals surface area contributed by atoms with E-state index in [0.717, 1.165) is 6.54 Å². The monoisotopic (exact) mass is 266 g/mol. The van der Waals surface area contributed by atoms with E-state index >= 15 is 0 Å². The van der Waals surface area contributed by atoms with E-state index in [-0.39, 0.29) is 5.82 Å². The van der Waals surface area contributed by atoms with Gasteiger partial charge in [0, 0.05) is 12.7 Å². The van der Waals surface area contributed by atoms with Gasteiger partial charge in [0.25, 0.3) is 0 Å². The van der Waals surface area contributed by atoms with E-state index in [4.69, 9.17) is 11.6 Å². The van der Waals surface area contributed by atoms with Crippen LogP contribution in [-0.2, 0) is 0 Å². The summed E-state index contributed by atoms with van der Waals surface area (Å²) in [5.74, 6) is 0.700. The van der Waals surface area contributed by atoms with Crippen LogP contribution in [0.5, 0.6) is 0 Å². The number of anilines is 3. The van der Waals surface area contributed by atoms with E-state index < -0.39 is 0 Å². The number of halogens is 2. The summed E-state index contributed by atoms with van der Waals surface area (Å²) in [6.45, 7) is 2.68. The van der Waals surface area contributed by atoms with Gasteiger partial charge in [0.1, 0.15) is 11.6 Å².